The van der Waals surface area contributed by atoms with Gasteiger partial charge in [-0.1, -0.05) is 11.6 Å². The molecule has 1 aliphatic rings. The van der Waals surface area contributed by atoms with Crippen molar-refractivity contribution in [3.05, 3.63) is 34.3 Å². The number of nitrogens with one attached hydrogen (secondary N) is 1. The molecule has 1 heterocycles. The summed E-state index contributed by atoms with van der Waals surface area (Å²) in [7, 11) is 0. The highest BCUT2D eigenvalue weighted by Gasteiger charge is 2.29. The third-order valence-electron chi connectivity index (χ3n) is 3.16. The highest BCUT2D eigenvalue weighted by atomic mass is 35.5. The zero-order chi connectivity index (χ0) is 13.3. The second-order valence-corrected chi connectivity index (χ2v) is 4.84. The summed E-state index contributed by atoms with van der Waals surface area (Å²) in [4.78, 5) is 25.4. The molecule has 1 N–H and O–H groups in total. The van der Waals surface area contributed by atoms with Crippen LogP contribution in [0.1, 0.15) is 22.8 Å². The number of amides is 2. The van der Waals surface area contributed by atoms with Gasteiger partial charge in [-0.25, -0.2) is 0 Å². The van der Waals surface area contributed by atoms with E-state index >= 15 is 0 Å². The SMILES string of the molecule is Cc1cc(C(=O)N2CCNC(=O)C2C)ccc1Cl. The van der Waals surface area contributed by atoms with Gasteiger partial charge in [0.1, 0.15) is 6.04 Å². The van der Waals surface area contributed by atoms with E-state index in [4.69, 9.17) is 11.6 Å². The van der Waals surface area contributed by atoms with Crippen LogP contribution in [0.3, 0.4) is 0 Å². The first-order valence-corrected chi connectivity index (χ1v) is 6.23. The Labute approximate surface area is 111 Å². The number of hydrogen-bond acceptors (Lipinski definition) is 2. The van der Waals surface area contributed by atoms with E-state index < -0.39 is 6.04 Å². The fourth-order valence-electron chi connectivity index (χ4n) is 2.00. The number of carbonyl (C=O) groups is 2. The molecule has 0 aliphatic carbocycles. The predicted molar refractivity (Wildman–Crippen MR) is 69.7 cm³/mol. The van der Waals surface area contributed by atoms with Crippen LogP contribution in [0.15, 0.2) is 18.2 Å². The first-order chi connectivity index (χ1) is 8.50. The second kappa shape index (κ2) is 4.98. The lowest BCUT2D eigenvalue weighted by Gasteiger charge is -2.32. The largest absolute Gasteiger partial charge is 0.353 e. The Bertz CT molecular complexity index is 502. The van der Waals surface area contributed by atoms with Crippen molar-refractivity contribution in [3.8, 4) is 0 Å². The molecule has 0 radical (unpaired) electrons. The molecule has 1 saturated heterocycles. The second-order valence-electron chi connectivity index (χ2n) is 4.43. The van der Waals surface area contributed by atoms with Crippen molar-refractivity contribution in [2.24, 2.45) is 0 Å². The van der Waals surface area contributed by atoms with Gasteiger partial charge in [-0.15, -0.1) is 0 Å². The molecule has 1 atom stereocenters. The van der Waals surface area contributed by atoms with Gasteiger partial charge in [-0.05, 0) is 37.6 Å². The topological polar surface area (TPSA) is 49.4 Å². The van der Waals surface area contributed by atoms with Crippen molar-refractivity contribution in [2.75, 3.05) is 13.1 Å². The third kappa shape index (κ3) is 2.34. The maximum absolute atomic E-state index is 12.3. The summed E-state index contributed by atoms with van der Waals surface area (Å²) in [6.45, 7) is 4.62. The van der Waals surface area contributed by atoms with Crippen LogP contribution in [0.4, 0.5) is 0 Å². The lowest BCUT2D eigenvalue weighted by atomic mass is 10.1. The van der Waals surface area contributed by atoms with Crippen molar-refractivity contribution in [1.82, 2.24) is 10.2 Å². The van der Waals surface area contributed by atoms with Crippen LogP contribution in [0, 0.1) is 6.92 Å². The minimum absolute atomic E-state index is 0.111. The molecule has 1 aromatic rings. The van der Waals surface area contributed by atoms with Crippen LogP contribution < -0.4 is 5.32 Å². The number of hydrogen-bond donors (Lipinski definition) is 1. The maximum Gasteiger partial charge on any atom is 0.254 e. The van der Waals surface area contributed by atoms with Crippen molar-refractivity contribution in [1.29, 1.82) is 0 Å². The van der Waals surface area contributed by atoms with Crippen molar-refractivity contribution in [2.45, 2.75) is 19.9 Å². The number of piperazine rings is 1. The van der Waals surface area contributed by atoms with Gasteiger partial charge in [0.05, 0.1) is 0 Å². The summed E-state index contributed by atoms with van der Waals surface area (Å²) in [5.41, 5.74) is 1.43. The Kier molecular flexibility index (Phi) is 3.57. The molecule has 18 heavy (non-hydrogen) atoms. The quantitative estimate of drug-likeness (QED) is 0.840. The summed E-state index contributed by atoms with van der Waals surface area (Å²) >= 11 is 5.93. The Balaban J connectivity index is 2.25. The molecule has 5 heteroatoms. The molecule has 2 rings (SSSR count). The van der Waals surface area contributed by atoms with E-state index in [9.17, 15) is 9.59 Å². The zero-order valence-corrected chi connectivity index (χ0v) is 11.1. The van der Waals surface area contributed by atoms with Gasteiger partial charge in [0.25, 0.3) is 5.91 Å². The molecular weight excluding hydrogens is 252 g/mol. The number of aryl methyl sites for hydroxylation is 1. The molecular formula is C13H15ClN2O2. The first kappa shape index (κ1) is 12.9. The van der Waals surface area contributed by atoms with Gasteiger partial charge in [0.2, 0.25) is 5.91 Å². The van der Waals surface area contributed by atoms with E-state index in [0.717, 1.165) is 5.56 Å². The summed E-state index contributed by atoms with van der Waals surface area (Å²) in [5, 5.41) is 3.37. The van der Waals surface area contributed by atoms with Gasteiger partial charge >= 0.3 is 0 Å². The Morgan fingerprint density at radius 1 is 1.50 bits per heavy atom. The van der Waals surface area contributed by atoms with E-state index in [2.05, 4.69) is 5.32 Å². The maximum atomic E-state index is 12.3. The van der Waals surface area contributed by atoms with Gasteiger partial charge in [0, 0.05) is 23.7 Å². The number of carbonyl (C=O) groups excluding carboxylic acids is 2. The molecule has 2 amide bonds. The zero-order valence-electron chi connectivity index (χ0n) is 10.4. The Morgan fingerprint density at radius 3 is 2.89 bits per heavy atom. The van der Waals surface area contributed by atoms with E-state index in [-0.39, 0.29) is 11.8 Å². The van der Waals surface area contributed by atoms with Gasteiger partial charge < -0.3 is 10.2 Å². The Hall–Kier alpha value is -1.55. The van der Waals surface area contributed by atoms with Crippen molar-refractivity contribution < 1.29 is 9.59 Å². The minimum Gasteiger partial charge on any atom is -0.353 e. The molecule has 0 spiro atoms. The molecule has 0 bridgehead atoms. The number of rotatable bonds is 1. The standard InChI is InChI=1S/C13H15ClN2O2/c1-8-7-10(3-4-11(8)14)13(18)16-6-5-15-12(17)9(16)2/h3-4,7,9H,5-6H2,1-2H3,(H,15,17). The lowest BCUT2D eigenvalue weighted by Crippen LogP contribution is -2.55. The summed E-state index contributed by atoms with van der Waals surface area (Å²) in [6, 6.07) is 4.72. The fourth-order valence-corrected chi connectivity index (χ4v) is 2.12. The van der Waals surface area contributed by atoms with Gasteiger partial charge in [-0.2, -0.15) is 0 Å². The van der Waals surface area contributed by atoms with Crippen LogP contribution in [0.2, 0.25) is 5.02 Å². The van der Waals surface area contributed by atoms with Crippen LogP contribution in [-0.2, 0) is 4.79 Å². The average Bonchev–Trinajstić information content (AvgIpc) is 2.35. The van der Waals surface area contributed by atoms with Gasteiger partial charge in [0.15, 0.2) is 0 Å². The molecule has 1 unspecified atom stereocenters. The Morgan fingerprint density at radius 2 is 2.22 bits per heavy atom. The van der Waals surface area contributed by atoms with Crippen LogP contribution in [0.25, 0.3) is 0 Å². The number of halogens is 1. The normalized spacial score (nSPS) is 19.6. The minimum atomic E-state index is -0.428. The third-order valence-corrected chi connectivity index (χ3v) is 3.59. The van der Waals surface area contributed by atoms with Gasteiger partial charge in [-0.3, -0.25) is 9.59 Å². The van der Waals surface area contributed by atoms with Crippen LogP contribution in [-0.4, -0.2) is 35.8 Å². The summed E-state index contributed by atoms with van der Waals surface area (Å²) in [5.74, 6) is -0.239. The molecule has 1 fully saturated rings. The average molecular weight is 267 g/mol. The van der Waals surface area contributed by atoms with E-state index in [1.807, 2.05) is 6.92 Å². The van der Waals surface area contributed by atoms with Crippen molar-refractivity contribution >= 4 is 23.4 Å². The first-order valence-electron chi connectivity index (χ1n) is 5.85. The van der Waals surface area contributed by atoms with Crippen LogP contribution >= 0.6 is 11.6 Å². The van der Waals surface area contributed by atoms with E-state index in [0.29, 0.717) is 23.7 Å². The molecule has 1 aromatic carbocycles. The monoisotopic (exact) mass is 266 g/mol. The predicted octanol–water partition coefficient (Wildman–Crippen LogP) is 1.61. The van der Waals surface area contributed by atoms with Crippen LogP contribution in [0.5, 0.6) is 0 Å². The summed E-state index contributed by atoms with van der Waals surface area (Å²) in [6.07, 6.45) is 0. The molecule has 96 valence electrons. The van der Waals surface area contributed by atoms with E-state index in [1.165, 1.54) is 0 Å². The lowest BCUT2D eigenvalue weighted by molar-refractivity contribution is -0.127. The fraction of sp³-hybridized carbons (Fsp3) is 0.385. The molecule has 1 aliphatic heterocycles. The highest BCUT2D eigenvalue weighted by Crippen LogP contribution is 2.18. The number of nitrogens with zero attached hydrogens (tertiary/aromatic N) is 1. The van der Waals surface area contributed by atoms with E-state index in [1.54, 1.807) is 30.0 Å². The molecule has 0 aromatic heterocycles. The highest BCUT2D eigenvalue weighted by molar-refractivity contribution is 6.31. The smallest absolute Gasteiger partial charge is 0.254 e. The van der Waals surface area contributed by atoms with Crippen molar-refractivity contribution in [3.63, 3.8) is 0 Å². The molecule has 4 nitrogen and oxygen atoms in total. The molecule has 0 saturated carbocycles. The summed E-state index contributed by atoms with van der Waals surface area (Å²) < 4.78 is 0. The number of benzene rings is 1.